The summed E-state index contributed by atoms with van der Waals surface area (Å²) in [5.74, 6) is 0. The molecule has 1 aromatic heterocycles. The van der Waals surface area contributed by atoms with Gasteiger partial charge in [0, 0.05) is 18.5 Å². The molecule has 2 saturated heterocycles. The number of likely N-dealkylation sites (N-methyl/N-ethyl adjacent to an activating group) is 1. The number of hydrogen-bond donors (Lipinski definition) is 0. The average Bonchev–Trinajstić information content (AvgIpc) is 2.80. The number of carbonyl (C=O) groups excluding carboxylic acids is 1. The van der Waals surface area contributed by atoms with Crippen molar-refractivity contribution in [2.75, 3.05) is 26.7 Å². The smallest absolute Gasteiger partial charge is 0.410 e. The van der Waals surface area contributed by atoms with Crippen LogP contribution < -0.4 is 0 Å². The zero-order valence-electron chi connectivity index (χ0n) is 12.3. The molecule has 3 rings (SSSR count). The summed E-state index contributed by atoms with van der Waals surface area (Å²) in [7, 11) is 1.81. The predicted molar refractivity (Wildman–Crippen MR) is 77.9 cm³/mol. The Hall–Kier alpha value is -1.14. The second kappa shape index (κ2) is 5.00. The van der Waals surface area contributed by atoms with E-state index in [2.05, 4.69) is 23.7 Å². The lowest BCUT2D eigenvalue weighted by Crippen LogP contribution is -2.50. The van der Waals surface area contributed by atoms with E-state index in [1.165, 1.54) is 4.88 Å². The molecule has 2 aliphatic rings. The molecule has 2 fully saturated rings. The summed E-state index contributed by atoms with van der Waals surface area (Å²) < 4.78 is 5.63. The fraction of sp³-hybridized carbons (Fsp3) is 0.714. The van der Waals surface area contributed by atoms with Gasteiger partial charge in [0.05, 0.1) is 18.8 Å². The van der Waals surface area contributed by atoms with E-state index in [9.17, 15) is 4.79 Å². The van der Waals surface area contributed by atoms with Crippen LogP contribution in [0.3, 0.4) is 0 Å². The van der Waals surface area contributed by atoms with Crippen molar-refractivity contribution >= 4 is 17.4 Å². The maximum atomic E-state index is 11.6. The van der Waals surface area contributed by atoms with Crippen molar-refractivity contribution in [2.45, 2.75) is 38.8 Å². The zero-order valence-corrected chi connectivity index (χ0v) is 13.1. The summed E-state index contributed by atoms with van der Waals surface area (Å²) >= 11 is 1.77. The molecule has 1 amide bonds. The van der Waals surface area contributed by atoms with Crippen molar-refractivity contribution in [3.63, 3.8) is 0 Å². The van der Waals surface area contributed by atoms with Crippen molar-refractivity contribution in [1.82, 2.24) is 14.8 Å². The molecule has 1 atom stereocenters. The van der Waals surface area contributed by atoms with Crippen LogP contribution in [0, 0.1) is 13.8 Å². The molecule has 0 N–H and O–H groups in total. The summed E-state index contributed by atoms with van der Waals surface area (Å²) in [4.78, 5) is 21.6. The predicted octanol–water partition coefficient (Wildman–Crippen LogP) is 2.18. The zero-order chi connectivity index (χ0) is 14.3. The molecule has 1 spiro atoms. The molecule has 110 valence electrons. The molecule has 0 saturated carbocycles. The molecule has 20 heavy (non-hydrogen) atoms. The number of carbonyl (C=O) groups is 1. The number of hydrogen-bond acceptors (Lipinski definition) is 5. The summed E-state index contributed by atoms with van der Waals surface area (Å²) in [6.07, 6.45) is 1.85. The Bertz CT molecular complexity index is 511. The maximum absolute atomic E-state index is 11.6. The average molecular weight is 295 g/mol. The normalized spacial score (nSPS) is 27.4. The topological polar surface area (TPSA) is 45.7 Å². The number of rotatable bonds is 2. The van der Waals surface area contributed by atoms with E-state index in [0.717, 1.165) is 43.2 Å². The Balaban J connectivity index is 1.68. The van der Waals surface area contributed by atoms with Gasteiger partial charge in [-0.25, -0.2) is 9.78 Å². The molecule has 3 heterocycles. The van der Waals surface area contributed by atoms with Gasteiger partial charge in [-0.2, -0.15) is 0 Å². The maximum Gasteiger partial charge on any atom is 0.410 e. The van der Waals surface area contributed by atoms with Gasteiger partial charge in [0.15, 0.2) is 0 Å². The van der Waals surface area contributed by atoms with Gasteiger partial charge in [-0.1, -0.05) is 0 Å². The highest BCUT2D eigenvalue weighted by Gasteiger charge is 2.46. The minimum absolute atomic E-state index is 0.187. The fourth-order valence-electron chi connectivity index (χ4n) is 3.13. The molecular weight excluding hydrogens is 274 g/mol. The second-order valence-corrected chi connectivity index (χ2v) is 7.26. The van der Waals surface area contributed by atoms with E-state index in [1.54, 1.807) is 16.2 Å². The number of piperidine rings is 1. The largest absolute Gasteiger partial charge is 0.440 e. The standard InChI is InChI=1S/C14H21N3O2S/c1-10-11(2)20-12(15-10)7-17-6-4-5-14(9-17)8-16(3)13(18)19-14/h4-9H2,1-3H3. The lowest BCUT2D eigenvalue weighted by molar-refractivity contribution is -0.0113. The third-order valence-electron chi connectivity index (χ3n) is 4.19. The summed E-state index contributed by atoms with van der Waals surface area (Å²) in [5, 5.41) is 1.16. The number of aromatic nitrogens is 1. The van der Waals surface area contributed by atoms with Crippen LogP contribution in [-0.4, -0.2) is 53.2 Å². The summed E-state index contributed by atoms with van der Waals surface area (Å²) in [5.41, 5.74) is 0.828. The van der Waals surface area contributed by atoms with E-state index in [4.69, 9.17) is 4.74 Å². The Kier molecular flexibility index (Phi) is 3.46. The SMILES string of the molecule is Cc1nc(CN2CCCC3(C2)CN(C)C(=O)O3)sc1C. The summed E-state index contributed by atoms with van der Waals surface area (Å²) in [6, 6.07) is 0. The molecule has 1 unspecified atom stereocenters. The van der Waals surface area contributed by atoms with Crippen LogP contribution in [0.15, 0.2) is 0 Å². The van der Waals surface area contributed by atoms with Crippen LogP contribution in [0.1, 0.15) is 28.4 Å². The van der Waals surface area contributed by atoms with Crippen molar-refractivity contribution in [3.05, 3.63) is 15.6 Å². The molecule has 6 heteroatoms. The first-order valence-corrected chi connectivity index (χ1v) is 7.88. The number of amides is 1. The highest BCUT2D eigenvalue weighted by molar-refractivity contribution is 7.11. The van der Waals surface area contributed by atoms with Crippen molar-refractivity contribution in [1.29, 1.82) is 0 Å². The van der Waals surface area contributed by atoms with E-state index < -0.39 is 0 Å². The van der Waals surface area contributed by atoms with Gasteiger partial charge >= 0.3 is 6.09 Å². The second-order valence-electron chi connectivity index (χ2n) is 5.97. The van der Waals surface area contributed by atoms with Crippen LogP contribution >= 0.6 is 11.3 Å². The summed E-state index contributed by atoms with van der Waals surface area (Å²) in [6.45, 7) is 7.62. The Labute approximate surface area is 123 Å². The highest BCUT2D eigenvalue weighted by Crippen LogP contribution is 2.32. The Morgan fingerprint density at radius 1 is 1.40 bits per heavy atom. The third-order valence-corrected chi connectivity index (χ3v) is 5.25. The first-order valence-electron chi connectivity index (χ1n) is 7.07. The van der Waals surface area contributed by atoms with Gasteiger partial charge in [0.1, 0.15) is 10.6 Å². The van der Waals surface area contributed by atoms with Gasteiger partial charge in [-0.3, -0.25) is 4.90 Å². The monoisotopic (exact) mass is 295 g/mol. The highest BCUT2D eigenvalue weighted by atomic mass is 32.1. The van der Waals surface area contributed by atoms with Crippen LogP contribution in [0.25, 0.3) is 0 Å². The van der Waals surface area contributed by atoms with Gasteiger partial charge in [-0.15, -0.1) is 11.3 Å². The molecule has 0 aliphatic carbocycles. The van der Waals surface area contributed by atoms with E-state index in [1.807, 2.05) is 7.05 Å². The van der Waals surface area contributed by atoms with E-state index in [-0.39, 0.29) is 11.7 Å². The van der Waals surface area contributed by atoms with Gasteiger partial charge < -0.3 is 9.64 Å². The number of ether oxygens (including phenoxy) is 1. The van der Waals surface area contributed by atoms with Crippen molar-refractivity contribution in [3.8, 4) is 0 Å². The number of likely N-dealkylation sites (tertiary alicyclic amines) is 1. The molecular formula is C14H21N3O2S. The third kappa shape index (κ3) is 2.54. The minimum Gasteiger partial charge on any atom is -0.440 e. The first-order chi connectivity index (χ1) is 9.47. The van der Waals surface area contributed by atoms with Crippen LogP contribution in [0.4, 0.5) is 4.79 Å². The van der Waals surface area contributed by atoms with Crippen LogP contribution in [-0.2, 0) is 11.3 Å². The Morgan fingerprint density at radius 3 is 2.80 bits per heavy atom. The Morgan fingerprint density at radius 2 is 2.20 bits per heavy atom. The van der Waals surface area contributed by atoms with Crippen molar-refractivity contribution in [2.24, 2.45) is 0 Å². The van der Waals surface area contributed by atoms with Gasteiger partial charge in [0.2, 0.25) is 0 Å². The quantitative estimate of drug-likeness (QED) is 0.839. The molecule has 0 radical (unpaired) electrons. The minimum atomic E-state index is -0.300. The van der Waals surface area contributed by atoms with E-state index >= 15 is 0 Å². The van der Waals surface area contributed by atoms with Crippen LogP contribution in [0.5, 0.6) is 0 Å². The van der Waals surface area contributed by atoms with Gasteiger partial charge in [0.25, 0.3) is 0 Å². The first kappa shape index (κ1) is 13.8. The van der Waals surface area contributed by atoms with Crippen molar-refractivity contribution < 1.29 is 9.53 Å². The fourth-order valence-corrected chi connectivity index (χ4v) is 4.10. The van der Waals surface area contributed by atoms with E-state index in [0.29, 0.717) is 6.54 Å². The number of thiazole rings is 1. The van der Waals surface area contributed by atoms with Crippen LogP contribution in [0.2, 0.25) is 0 Å². The molecule has 0 bridgehead atoms. The van der Waals surface area contributed by atoms with Gasteiger partial charge in [-0.05, 0) is 33.2 Å². The molecule has 2 aliphatic heterocycles. The molecule has 0 aromatic carbocycles. The number of aryl methyl sites for hydroxylation is 2. The molecule has 5 nitrogen and oxygen atoms in total. The molecule has 1 aromatic rings. The lowest BCUT2D eigenvalue weighted by Gasteiger charge is -2.37. The number of nitrogens with zero attached hydrogens (tertiary/aromatic N) is 3. The lowest BCUT2D eigenvalue weighted by atomic mass is 9.93.